The molecule has 2 aliphatic heterocycles. The molecule has 210 valence electrons. The zero-order valence-electron chi connectivity index (χ0n) is 22.2. The fraction of sp³-hybridized carbons (Fsp3) is 0.483. The van der Waals surface area contributed by atoms with Gasteiger partial charge in [-0.15, -0.1) is 0 Å². The molecule has 2 saturated heterocycles. The second-order valence-electron chi connectivity index (χ2n) is 10.3. The van der Waals surface area contributed by atoms with Gasteiger partial charge in [0.15, 0.2) is 0 Å². The van der Waals surface area contributed by atoms with Crippen LogP contribution in [0.25, 0.3) is 0 Å². The van der Waals surface area contributed by atoms with Crippen LogP contribution in [-0.4, -0.2) is 59.4 Å². The first kappa shape index (κ1) is 28.4. The maximum Gasteiger partial charge on any atom is 0.416 e. The molecule has 7 nitrogen and oxygen atoms in total. The van der Waals surface area contributed by atoms with Crippen molar-refractivity contribution < 1.29 is 27.6 Å². The summed E-state index contributed by atoms with van der Waals surface area (Å²) in [5.74, 6) is -0.506. The largest absolute Gasteiger partial charge is 0.416 e. The van der Waals surface area contributed by atoms with Gasteiger partial charge in [-0.1, -0.05) is 50.1 Å². The lowest BCUT2D eigenvalue weighted by molar-refractivity contribution is -0.140. The number of alkyl halides is 3. The minimum absolute atomic E-state index is 0.0760. The first-order valence-corrected chi connectivity index (χ1v) is 13.5. The van der Waals surface area contributed by atoms with Gasteiger partial charge in [-0.3, -0.25) is 14.4 Å². The number of carbonyl (C=O) groups excluding carboxylic acids is 3. The van der Waals surface area contributed by atoms with Crippen molar-refractivity contribution in [3.63, 3.8) is 0 Å². The van der Waals surface area contributed by atoms with Crippen LogP contribution in [0.3, 0.4) is 0 Å². The number of benzene rings is 2. The number of carbonyl (C=O) groups is 3. The predicted octanol–water partition coefficient (Wildman–Crippen LogP) is 4.57. The normalized spacial score (nSPS) is 17.1. The van der Waals surface area contributed by atoms with Gasteiger partial charge in [-0.25, -0.2) is 0 Å². The lowest BCUT2D eigenvalue weighted by Gasteiger charge is -2.43. The first-order valence-electron chi connectivity index (χ1n) is 13.5. The van der Waals surface area contributed by atoms with E-state index in [9.17, 15) is 27.6 Å². The van der Waals surface area contributed by atoms with Crippen LogP contribution in [0.15, 0.2) is 54.6 Å². The van der Waals surface area contributed by atoms with Gasteiger partial charge < -0.3 is 20.0 Å². The molecular formula is C29H35F3N4O3. The fourth-order valence-electron chi connectivity index (χ4n) is 5.42. The van der Waals surface area contributed by atoms with Gasteiger partial charge in [-0.05, 0) is 49.1 Å². The molecular weight excluding hydrogens is 509 g/mol. The van der Waals surface area contributed by atoms with Crippen LogP contribution in [0, 0.1) is 0 Å². The number of amides is 3. The van der Waals surface area contributed by atoms with E-state index in [0.29, 0.717) is 37.9 Å². The molecule has 10 heteroatoms. The Labute approximate surface area is 226 Å². The van der Waals surface area contributed by atoms with E-state index in [1.807, 2.05) is 40.1 Å². The SMILES string of the molecule is CCCCCC(=O)N1CCC2(CC1)C(=O)N(CC(=O)NCc1cccc(C(F)(F)F)c1)CN2c1ccccc1. The van der Waals surface area contributed by atoms with Gasteiger partial charge in [0.25, 0.3) is 5.91 Å². The fourth-order valence-corrected chi connectivity index (χ4v) is 5.42. The van der Waals surface area contributed by atoms with Crippen LogP contribution in [-0.2, 0) is 27.1 Å². The molecule has 0 atom stereocenters. The summed E-state index contributed by atoms with van der Waals surface area (Å²) in [6.07, 6.45) is -0.127. The van der Waals surface area contributed by atoms with E-state index < -0.39 is 23.2 Å². The summed E-state index contributed by atoms with van der Waals surface area (Å²) in [4.78, 5) is 44.6. The van der Waals surface area contributed by atoms with Crippen molar-refractivity contribution in [3.05, 3.63) is 65.7 Å². The number of nitrogens with zero attached hydrogens (tertiary/aromatic N) is 3. The molecule has 0 unspecified atom stereocenters. The van der Waals surface area contributed by atoms with Gasteiger partial charge >= 0.3 is 6.18 Å². The Morgan fingerprint density at radius 1 is 1.00 bits per heavy atom. The van der Waals surface area contributed by atoms with Crippen molar-refractivity contribution in [2.24, 2.45) is 0 Å². The molecule has 0 radical (unpaired) electrons. The third kappa shape index (κ3) is 6.54. The summed E-state index contributed by atoms with van der Waals surface area (Å²) in [6.45, 7) is 2.96. The maximum atomic E-state index is 13.8. The van der Waals surface area contributed by atoms with Gasteiger partial charge in [0.05, 0.1) is 12.2 Å². The molecule has 1 spiro atoms. The van der Waals surface area contributed by atoms with E-state index >= 15 is 0 Å². The van der Waals surface area contributed by atoms with E-state index in [2.05, 4.69) is 12.2 Å². The Morgan fingerprint density at radius 2 is 1.72 bits per heavy atom. The summed E-state index contributed by atoms with van der Waals surface area (Å²) in [5, 5.41) is 2.65. The topological polar surface area (TPSA) is 73.0 Å². The molecule has 3 amide bonds. The second-order valence-corrected chi connectivity index (χ2v) is 10.3. The van der Waals surface area contributed by atoms with Gasteiger partial charge in [-0.2, -0.15) is 13.2 Å². The van der Waals surface area contributed by atoms with Crippen molar-refractivity contribution in [2.45, 2.75) is 63.7 Å². The van der Waals surface area contributed by atoms with E-state index in [1.165, 1.54) is 17.0 Å². The number of nitrogens with one attached hydrogen (secondary N) is 1. The molecule has 39 heavy (non-hydrogen) atoms. The van der Waals surface area contributed by atoms with Crippen LogP contribution in [0.5, 0.6) is 0 Å². The maximum absolute atomic E-state index is 13.8. The van der Waals surface area contributed by atoms with Crippen LogP contribution in [0.1, 0.15) is 56.6 Å². The number of rotatable bonds is 9. The number of likely N-dealkylation sites (tertiary alicyclic amines) is 1. The minimum Gasteiger partial charge on any atom is -0.350 e. The average Bonchev–Trinajstić information content (AvgIpc) is 3.18. The lowest BCUT2D eigenvalue weighted by Crippen LogP contribution is -2.57. The zero-order valence-corrected chi connectivity index (χ0v) is 22.2. The monoisotopic (exact) mass is 544 g/mol. The molecule has 2 aromatic carbocycles. The molecule has 0 bridgehead atoms. The van der Waals surface area contributed by atoms with Crippen molar-refractivity contribution in [2.75, 3.05) is 31.2 Å². The summed E-state index contributed by atoms with van der Waals surface area (Å²) in [5.41, 5.74) is -0.451. The summed E-state index contributed by atoms with van der Waals surface area (Å²) in [7, 11) is 0. The number of halogens is 3. The Morgan fingerprint density at radius 3 is 2.38 bits per heavy atom. The Hall–Kier alpha value is -3.56. The Balaban J connectivity index is 1.43. The average molecular weight is 545 g/mol. The molecule has 2 heterocycles. The van der Waals surface area contributed by atoms with Gasteiger partial charge in [0.2, 0.25) is 11.8 Å². The highest BCUT2D eigenvalue weighted by atomic mass is 19.4. The highest BCUT2D eigenvalue weighted by Gasteiger charge is 2.54. The molecule has 1 N–H and O–H groups in total. The number of anilines is 1. The quantitative estimate of drug-likeness (QED) is 0.470. The van der Waals surface area contributed by atoms with E-state index in [4.69, 9.17) is 0 Å². The van der Waals surface area contributed by atoms with Crippen molar-refractivity contribution in [3.8, 4) is 0 Å². The summed E-state index contributed by atoms with van der Waals surface area (Å²) in [6, 6.07) is 14.3. The first-order chi connectivity index (χ1) is 18.6. The zero-order chi connectivity index (χ0) is 28.0. The number of para-hydroxylation sites is 1. The third-order valence-electron chi connectivity index (χ3n) is 7.60. The summed E-state index contributed by atoms with van der Waals surface area (Å²) < 4.78 is 39.0. The molecule has 2 aliphatic rings. The smallest absolute Gasteiger partial charge is 0.350 e. The lowest BCUT2D eigenvalue weighted by atomic mass is 9.85. The van der Waals surface area contributed by atoms with Gasteiger partial charge in [0, 0.05) is 31.7 Å². The molecule has 0 aliphatic carbocycles. The highest BCUT2D eigenvalue weighted by molar-refractivity contribution is 5.96. The number of hydrogen-bond acceptors (Lipinski definition) is 4. The predicted molar refractivity (Wildman–Crippen MR) is 141 cm³/mol. The summed E-state index contributed by atoms with van der Waals surface area (Å²) >= 11 is 0. The van der Waals surface area contributed by atoms with Crippen molar-refractivity contribution in [1.82, 2.24) is 15.1 Å². The Kier molecular flexibility index (Phi) is 8.82. The molecule has 0 saturated carbocycles. The number of piperidine rings is 1. The van der Waals surface area contributed by atoms with Crippen LogP contribution in [0.2, 0.25) is 0 Å². The standard InChI is InChI=1S/C29H35F3N4O3/c1-2-3-5-13-26(38)34-16-14-28(15-17-34)27(39)35(21-36(28)24-11-6-4-7-12-24)20-25(37)33-19-22-9-8-10-23(18-22)29(30,31)32/h4,6-12,18H,2-3,5,13-17,19-21H2,1H3,(H,33,37). The molecule has 2 fully saturated rings. The van der Waals surface area contributed by atoms with Crippen molar-refractivity contribution in [1.29, 1.82) is 0 Å². The minimum atomic E-state index is -4.47. The Bertz CT molecular complexity index is 1160. The second kappa shape index (κ2) is 12.1. The van der Waals surface area contributed by atoms with Crippen LogP contribution >= 0.6 is 0 Å². The third-order valence-corrected chi connectivity index (χ3v) is 7.60. The van der Waals surface area contributed by atoms with Crippen LogP contribution in [0.4, 0.5) is 18.9 Å². The number of hydrogen-bond donors (Lipinski definition) is 1. The molecule has 0 aromatic heterocycles. The molecule has 2 aromatic rings. The van der Waals surface area contributed by atoms with Crippen LogP contribution < -0.4 is 10.2 Å². The molecule has 4 rings (SSSR count). The number of unbranched alkanes of at least 4 members (excludes halogenated alkanes) is 2. The van der Waals surface area contributed by atoms with E-state index in [0.717, 1.165) is 37.1 Å². The van der Waals surface area contributed by atoms with Gasteiger partial charge in [0.1, 0.15) is 12.1 Å². The van der Waals surface area contributed by atoms with E-state index in [-0.39, 0.29) is 31.6 Å². The van der Waals surface area contributed by atoms with Crippen molar-refractivity contribution >= 4 is 23.4 Å². The highest BCUT2D eigenvalue weighted by Crippen LogP contribution is 2.39. The van der Waals surface area contributed by atoms with E-state index in [1.54, 1.807) is 0 Å².